The second kappa shape index (κ2) is 6.78. The second-order valence-corrected chi connectivity index (χ2v) is 8.79. The Morgan fingerprint density at radius 1 is 1.18 bits per heavy atom. The van der Waals surface area contributed by atoms with Crippen LogP contribution in [0.2, 0.25) is 0 Å². The van der Waals surface area contributed by atoms with Gasteiger partial charge in [0.15, 0.2) is 0 Å². The number of halogens is 1. The number of fused-ring (bicyclic) bond motifs is 4. The first-order valence-corrected chi connectivity index (χ1v) is 10.6. The Morgan fingerprint density at radius 2 is 2.00 bits per heavy atom. The Morgan fingerprint density at radius 3 is 2.79 bits per heavy atom. The number of piperidine rings is 1. The number of likely N-dealkylation sites (tertiary alicyclic amines) is 1. The van der Waals surface area contributed by atoms with E-state index in [9.17, 15) is 0 Å². The van der Waals surface area contributed by atoms with E-state index >= 15 is 0 Å². The first-order valence-electron chi connectivity index (χ1n) is 9.76. The predicted octanol–water partition coefficient (Wildman–Crippen LogP) is 4.42. The first kappa shape index (κ1) is 18.0. The minimum atomic E-state index is -0.362. The number of ether oxygens (including phenoxy) is 2. The monoisotopic (exact) mass is 441 g/mol. The quantitative estimate of drug-likeness (QED) is 0.690. The fraction of sp³-hybridized carbons (Fsp3) is 0.409. The van der Waals surface area contributed by atoms with Crippen molar-refractivity contribution in [3.05, 3.63) is 58.1 Å². The molecule has 3 heterocycles. The number of nitrogens with zero attached hydrogens (tertiary/aromatic N) is 3. The zero-order chi connectivity index (χ0) is 19.3. The van der Waals surface area contributed by atoms with Gasteiger partial charge in [0.05, 0.1) is 18.9 Å². The number of benzene rings is 2. The molecule has 3 aliphatic heterocycles. The molecule has 28 heavy (non-hydrogen) atoms. The molecule has 6 heteroatoms. The maximum absolute atomic E-state index is 6.65. The third kappa shape index (κ3) is 2.90. The Labute approximate surface area is 174 Å². The van der Waals surface area contributed by atoms with E-state index in [2.05, 4.69) is 63.2 Å². The van der Waals surface area contributed by atoms with Crippen molar-refractivity contribution in [2.45, 2.75) is 31.0 Å². The van der Waals surface area contributed by atoms with E-state index in [4.69, 9.17) is 14.6 Å². The first-order chi connectivity index (χ1) is 13.6. The van der Waals surface area contributed by atoms with Crippen molar-refractivity contribution in [1.29, 1.82) is 0 Å². The molecule has 1 spiro atoms. The van der Waals surface area contributed by atoms with Crippen LogP contribution in [0.3, 0.4) is 0 Å². The van der Waals surface area contributed by atoms with Gasteiger partial charge in [-0.25, -0.2) is 5.01 Å². The predicted molar refractivity (Wildman–Crippen MR) is 113 cm³/mol. The lowest BCUT2D eigenvalue weighted by atomic mass is 9.91. The number of methoxy groups -OCH3 is 1. The molecule has 0 N–H and O–H groups in total. The minimum absolute atomic E-state index is 0.200. The maximum Gasteiger partial charge on any atom is 0.200 e. The molecule has 0 amide bonds. The minimum Gasteiger partial charge on any atom is -0.497 e. The van der Waals surface area contributed by atoms with Crippen LogP contribution in [0.4, 0.5) is 0 Å². The van der Waals surface area contributed by atoms with Gasteiger partial charge in [0.2, 0.25) is 5.72 Å². The summed E-state index contributed by atoms with van der Waals surface area (Å²) in [5.74, 6) is 1.86. The molecule has 5 nitrogen and oxygen atoms in total. The van der Waals surface area contributed by atoms with Gasteiger partial charge < -0.3 is 14.4 Å². The van der Waals surface area contributed by atoms with E-state index in [0.29, 0.717) is 0 Å². The maximum atomic E-state index is 6.65. The van der Waals surface area contributed by atoms with Gasteiger partial charge >= 0.3 is 0 Å². The molecule has 3 aliphatic rings. The molecule has 0 radical (unpaired) electrons. The van der Waals surface area contributed by atoms with Crippen molar-refractivity contribution in [1.82, 2.24) is 9.91 Å². The molecule has 5 rings (SSSR count). The van der Waals surface area contributed by atoms with E-state index in [1.165, 1.54) is 5.56 Å². The summed E-state index contributed by atoms with van der Waals surface area (Å²) in [6.45, 7) is 2.03. The highest BCUT2D eigenvalue weighted by atomic mass is 79.9. The van der Waals surface area contributed by atoms with Crippen molar-refractivity contribution in [3.63, 3.8) is 0 Å². The van der Waals surface area contributed by atoms with Gasteiger partial charge in [-0.3, -0.25) is 0 Å². The van der Waals surface area contributed by atoms with E-state index in [-0.39, 0.29) is 11.8 Å². The average molecular weight is 442 g/mol. The Balaban J connectivity index is 1.58. The highest BCUT2D eigenvalue weighted by molar-refractivity contribution is 9.10. The van der Waals surface area contributed by atoms with Gasteiger partial charge in [0.1, 0.15) is 11.5 Å². The summed E-state index contributed by atoms with van der Waals surface area (Å²) >= 11 is 3.63. The van der Waals surface area contributed by atoms with Gasteiger partial charge in [0.25, 0.3) is 0 Å². The van der Waals surface area contributed by atoms with E-state index in [1.807, 2.05) is 12.1 Å². The van der Waals surface area contributed by atoms with Gasteiger partial charge in [-0.15, -0.1) is 0 Å². The topological polar surface area (TPSA) is 37.3 Å². The third-order valence-corrected chi connectivity index (χ3v) is 6.62. The largest absolute Gasteiger partial charge is 0.497 e. The van der Waals surface area contributed by atoms with Crippen LogP contribution in [-0.2, 0) is 0 Å². The van der Waals surface area contributed by atoms with Gasteiger partial charge in [-0.1, -0.05) is 28.1 Å². The van der Waals surface area contributed by atoms with Crippen LogP contribution in [0.1, 0.15) is 36.4 Å². The summed E-state index contributed by atoms with van der Waals surface area (Å²) in [4.78, 5) is 2.36. The van der Waals surface area contributed by atoms with Crippen molar-refractivity contribution in [3.8, 4) is 11.5 Å². The lowest BCUT2D eigenvalue weighted by Gasteiger charge is -2.50. The van der Waals surface area contributed by atoms with E-state index in [1.54, 1.807) is 7.11 Å². The van der Waals surface area contributed by atoms with Crippen LogP contribution in [0, 0.1) is 0 Å². The highest BCUT2D eigenvalue weighted by Crippen LogP contribution is 2.50. The second-order valence-electron chi connectivity index (χ2n) is 7.88. The molecule has 1 fully saturated rings. The molecule has 1 atom stereocenters. The summed E-state index contributed by atoms with van der Waals surface area (Å²) < 4.78 is 13.1. The summed E-state index contributed by atoms with van der Waals surface area (Å²) in [5.41, 5.74) is 3.06. The fourth-order valence-electron chi connectivity index (χ4n) is 4.53. The Hall–Kier alpha value is -2.05. The molecule has 2 aromatic carbocycles. The molecule has 0 bridgehead atoms. The smallest absolute Gasteiger partial charge is 0.200 e. The zero-order valence-corrected chi connectivity index (χ0v) is 17.8. The van der Waals surface area contributed by atoms with Crippen LogP contribution in [0.25, 0.3) is 0 Å². The van der Waals surface area contributed by atoms with Crippen molar-refractivity contribution < 1.29 is 9.47 Å². The van der Waals surface area contributed by atoms with Gasteiger partial charge in [-0.05, 0) is 37.4 Å². The highest BCUT2D eigenvalue weighted by Gasteiger charge is 2.51. The van der Waals surface area contributed by atoms with Crippen molar-refractivity contribution in [2.75, 3.05) is 27.2 Å². The lowest BCUT2D eigenvalue weighted by molar-refractivity contribution is -0.147. The van der Waals surface area contributed by atoms with Gasteiger partial charge in [-0.2, -0.15) is 5.10 Å². The summed E-state index contributed by atoms with van der Waals surface area (Å²) in [6.07, 6.45) is 2.77. The van der Waals surface area contributed by atoms with Crippen LogP contribution in [0.5, 0.6) is 11.5 Å². The third-order valence-electron chi connectivity index (χ3n) is 6.13. The average Bonchev–Trinajstić information content (AvgIpc) is 3.18. The normalized spacial score (nSPS) is 23.0. The molecular weight excluding hydrogens is 418 g/mol. The molecule has 2 aromatic rings. The van der Waals surface area contributed by atoms with Crippen molar-refractivity contribution >= 4 is 21.6 Å². The SMILES string of the molecule is COc1cccc(C2=NN3C(C2)c2cc(Br)ccc2OC32CCN(C)CC2)c1. The molecule has 146 valence electrons. The number of hydrogen-bond donors (Lipinski definition) is 0. The summed E-state index contributed by atoms with van der Waals surface area (Å²) in [5, 5.41) is 7.38. The summed E-state index contributed by atoms with van der Waals surface area (Å²) in [7, 11) is 3.88. The summed E-state index contributed by atoms with van der Waals surface area (Å²) in [6, 6.07) is 14.7. The molecule has 1 unspecified atom stereocenters. The lowest BCUT2D eigenvalue weighted by Crippen LogP contribution is -2.58. The van der Waals surface area contributed by atoms with Crippen molar-refractivity contribution in [2.24, 2.45) is 5.10 Å². The van der Waals surface area contributed by atoms with E-state index < -0.39 is 0 Å². The molecule has 0 saturated carbocycles. The number of hydrazone groups is 1. The van der Waals surface area contributed by atoms with Crippen LogP contribution in [-0.4, -0.2) is 48.6 Å². The van der Waals surface area contributed by atoms with Crippen LogP contribution in [0.15, 0.2) is 52.0 Å². The molecule has 0 aliphatic carbocycles. The standard InChI is InChI=1S/C22H24BrN3O2/c1-25-10-8-22(9-11-25)26-20(18-13-16(23)6-7-21(18)28-22)14-19(24-26)15-4-3-5-17(12-15)27-2/h3-7,12-13,20H,8-11,14H2,1-2H3. The zero-order valence-electron chi connectivity index (χ0n) is 16.2. The Kier molecular flexibility index (Phi) is 4.36. The number of rotatable bonds is 2. The number of hydrogen-bond acceptors (Lipinski definition) is 5. The molecule has 1 saturated heterocycles. The fourth-order valence-corrected chi connectivity index (χ4v) is 4.91. The van der Waals surface area contributed by atoms with E-state index in [0.717, 1.165) is 59.6 Å². The molecular formula is C22H24BrN3O2. The van der Waals surface area contributed by atoms with Crippen LogP contribution < -0.4 is 9.47 Å². The van der Waals surface area contributed by atoms with Gasteiger partial charge in [0, 0.05) is 48.0 Å². The molecule has 0 aromatic heterocycles. The van der Waals surface area contributed by atoms with Crippen LogP contribution >= 0.6 is 15.9 Å². The Bertz CT molecular complexity index is 937.